The van der Waals surface area contributed by atoms with Crippen LogP contribution in [-0.4, -0.2) is 24.4 Å². The molecular weight excluding hydrogens is 180 g/mol. The number of nitrogens with zero attached hydrogens (tertiary/aromatic N) is 1. The van der Waals surface area contributed by atoms with Gasteiger partial charge in [0.1, 0.15) is 24.5 Å². The molecule has 0 saturated heterocycles. The molecule has 4 nitrogen and oxygen atoms in total. The third-order valence-corrected chi connectivity index (χ3v) is 1.71. The van der Waals surface area contributed by atoms with Gasteiger partial charge < -0.3 is 15.6 Å². The largest absolute Gasteiger partial charge is 0.489 e. The summed E-state index contributed by atoms with van der Waals surface area (Å²) in [5.74, 6) is 0.475. The smallest absolute Gasteiger partial charge is 0.137 e. The van der Waals surface area contributed by atoms with Crippen LogP contribution < -0.4 is 10.5 Å². The standard InChI is InChI=1S/C10H12N2O2/c11-5-8-3-1-2-4-10(8)14-7-9(13)6-12/h1-4,9,13H,6-7,12H2. The summed E-state index contributed by atoms with van der Waals surface area (Å²) in [5, 5.41) is 17.9. The van der Waals surface area contributed by atoms with Crippen LogP contribution in [0.4, 0.5) is 0 Å². The maximum Gasteiger partial charge on any atom is 0.137 e. The summed E-state index contributed by atoms with van der Waals surface area (Å²) in [5.41, 5.74) is 5.67. The Balaban J connectivity index is 2.63. The van der Waals surface area contributed by atoms with Crippen molar-refractivity contribution in [1.29, 1.82) is 5.26 Å². The lowest BCUT2D eigenvalue weighted by Crippen LogP contribution is -2.26. The van der Waals surface area contributed by atoms with E-state index in [1.165, 1.54) is 0 Å². The summed E-state index contributed by atoms with van der Waals surface area (Å²) in [6.45, 7) is 0.254. The number of benzene rings is 1. The van der Waals surface area contributed by atoms with E-state index < -0.39 is 6.10 Å². The molecule has 0 aromatic heterocycles. The predicted octanol–water partition coefficient (Wildman–Crippen LogP) is 0.257. The van der Waals surface area contributed by atoms with Gasteiger partial charge in [0.2, 0.25) is 0 Å². The van der Waals surface area contributed by atoms with E-state index >= 15 is 0 Å². The van der Waals surface area contributed by atoms with Gasteiger partial charge in [0.15, 0.2) is 0 Å². The van der Waals surface area contributed by atoms with Gasteiger partial charge in [0.25, 0.3) is 0 Å². The lowest BCUT2D eigenvalue weighted by atomic mass is 10.2. The number of rotatable bonds is 4. The fraction of sp³-hybridized carbons (Fsp3) is 0.300. The highest BCUT2D eigenvalue weighted by atomic mass is 16.5. The Bertz CT molecular complexity index is 333. The molecular formula is C10H12N2O2. The molecule has 1 aromatic rings. The van der Waals surface area contributed by atoms with Crippen molar-refractivity contribution in [2.75, 3.05) is 13.2 Å². The summed E-state index contributed by atoms with van der Waals surface area (Å²) in [4.78, 5) is 0. The van der Waals surface area contributed by atoms with Gasteiger partial charge in [-0.25, -0.2) is 0 Å². The summed E-state index contributed by atoms with van der Waals surface area (Å²) in [6, 6.07) is 8.86. The zero-order valence-corrected chi connectivity index (χ0v) is 7.68. The lowest BCUT2D eigenvalue weighted by molar-refractivity contribution is 0.114. The minimum atomic E-state index is -0.693. The van der Waals surface area contributed by atoms with Crippen molar-refractivity contribution >= 4 is 0 Å². The van der Waals surface area contributed by atoms with Crippen LogP contribution in [0.5, 0.6) is 5.75 Å². The topological polar surface area (TPSA) is 79.3 Å². The first-order valence-corrected chi connectivity index (χ1v) is 4.28. The molecule has 0 radical (unpaired) electrons. The van der Waals surface area contributed by atoms with E-state index in [-0.39, 0.29) is 13.2 Å². The van der Waals surface area contributed by atoms with Gasteiger partial charge in [0.05, 0.1) is 5.56 Å². The Morgan fingerprint density at radius 2 is 2.21 bits per heavy atom. The Kier molecular flexibility index (Phi) is 3.92. The molecule has 1 atom stereocenters. The van der Waals surface area contributed by atoms with E-state index in [0.717, 1.165) is 0 Å². The number of aliphatic hydroxyl groups is 1. The number of hydrogen-bond acceptors (Lipinski definition) is 4. The minimum Gasteiger partial charge on any atom is -0.489 e. The van der Waals surface area contributed by atoms with Crippen LogP contribution in [0.15, 0.2) is 24.3 Å². The lowest BCUT2D eigenvalue weighted by Gasteiger charge is -2.10. The van der Waals surface area contributed by atoms with Crippen LogP contribution in [0.3, 0.4) is 0 Å². The van der Waals surface area contributed by atoms with Gasteiger partial charge in [-0.3, -0.25) is 0 Å². The van der Waals surface area contributed by atoms with Gasteiger partial charge in [-0.2, -0.15) is 5.26 Å². The first kappa shape index (κ1) is 10.5. The molecule has 14 heavy (non-hydrogen) atoms. The fourth-order valence-corrected chi connectivity index (χ4v) is 0.939. The minimum absolute atomic E-state index is 0.106. The second kappa shape index (κ2) is 5.22. The Labute approximate surface area is 82.5 Å². The average molecular weight is 192 g/mol. The third kappa shape index (κ3) is 2.73. The monoisotopic (exact) mass is 192 g/mol. The number of nitriles is 1. The van der Waals surface area contributed by atoms with Crippen molar-refractivity contribution in [3.05, 3.63) is 29.8 Å². The van der Waals surface area contributed by atoms with Crippen LogP contribution in [0, 0.1) is 11.3 Å². The second-order valence-corrected chi connectivity index (χ2v) is 2.81. The van der Waals surface area contributed by atoms with Crippen molar-refractivity contribution in [3.63, 3.8) is 0 Å². The summed E-state index contributed by atoms with van der Waals surface area (Å²) in [6.07, 6.45) is -0.693. The summed E-state index contributed by atoms with van der Waals surface area (Å²) >= 11 is 0. The van der Waals surface area contributed by atoms with E-state index in [0.29, 0.717) is 11.3 Å². The van der Waals surface area contributed by atoms with Crippen molar-refractivity contribution in [2.45, 2.75) is 6.10 Å². The van der Waals surface area contributed by atoms with Gasteiger partial charge >= 0.3 is 0 Å². The molecule has 0 bridgehead atoms. The molecule has 1 rings (SSSR count). The number of hydrogen-bond donors (Lipinski definition) is 2. The van der Waals surface area contributed by atoms with Crippen LogP contribution in [0.1, 0.15) is 5.56 Å². The van der Waals surface area contributed by atoms with Crippen LogP contribution >= 0.6 is 0 Å². The first-order chi connectivity index (χ1) is 6.77. The summed E-state index contributed by atoms with van der Waals surface area (Å²) in [7, 11) is 0. The maximum absolute atomic E-state index is 9.15. The van der Waals surface area contributed by atoms with Crippen LogP contribution in [0.25, 0.3) is 0 Å². The van der Waals surface area contributed by atoms with Gasteiger partial charge in [-0.05, 0) is 12.1 Å². The van der Waals surface area contributed by atoms with Crippen molar-refractivity contribution in [3.8, 4) is 11.8 Å². The average Bonchev–Trinajstić information content (AvgIpc) is 2.26. The molecule has 0 aliphatic heterocycles. The summed E-state index contributed by atoms with van der Waals surface area (Å²) < 4.78 is 5.23. The quantitative estimate of drug-likeness (QED) is 0.717. The van der Waals surface area contributed by atoms with Gasteiger partial charge in [-0.15, -0.1) is 0 Å². The molecule has 0 aliphatic carbocycles. The molecule has 0 aliphatic rings. The molecule has 0 amide bonds. The Morgan fingerprint density at radius 3 is 2.86 bits per heavy atom. The number of aliphatic hydroxyl groups excluding tert-OH is 1. The zero-order valence-electron chi connectivity index (χ0n) is 7.68. The van der Waals surface area contributed by atoms with Gasteiger partial charge in [0, 0.05) is 6.54 Å². The van der Waals surface area contributed by atoms with E-state index in [2.05, 4.69) is 0 Å². The molecule has 0 heterocycles. The molecule has 74 valence electrons. The van der Waals surface area contributed by atoms with E-state index in [1.54, 1.807) is 24.3 Å². The van der Waals surface area contributed by atoms with Crippen molar-refractivity contribution in [2.24, 2.45) is 5.73 Å². The maximum atomic E-state index is 9.15. The molecule has 4 heteroatoms. The molecule has 0 fully saturated rings. The number of ether oxygens (including phenoxy) is 1. The first-order valence-electron chi connectivity index (χ1n) is 4.28. The molecule has 1 aromatic carbocycles. The number of nitrogens with two attached hydrogens (primary N) is 1. The van der Waals surface area contributed by atoms with Crippen molar-refractivity contribution < 1.29 is 9.84 Å². The highest BCUT2D eigenvalue weighted by molar-refractivity contribution is 5.42. The number of para-hydroxylation sites is 1. The normalized spacial score (nSPS) is 11.8. The second-order valence-electron chi connectivity index (χ2n) is 2.81. The highest BCUT2D eigenvalue weighted by Gasteiger charge is 2.05. The van der Waals surface area contributed by atoms with E-state index in [4.69, 9.17) is 20.8 Å². The zero-order chi connectivity index (χ0) is 10.4. The molecule has 0 spiro atoms. The van der Waals surface area contributed by atoms with Gasteiger partial charge in [-0.1, -0.05) is 12.1 Å². The van der Waals surface area contributed by atoms with E-state index in [9.17, 15) is 0 Å². The van der Waals surface area contributed by atoms with Crippen LogP contribution in [-0.2, 0) is 0 Å². The van der Waals surface area contributed by atoms with Crippen LogP contribution in [0.2, 0.25) is 0 Å². The predicted molar refractivity (Wildman–Crippen MR) is 51.7 cm³/mol. The van der Waals surface area contributed by atoms with Crippen molar-refractivity contribution in [1.82, 2.24) is 0 Å². The SMILES string of the molecule is N#Cc1ccccc1OCC(O)CN. The van der Waals surface area contributed by atoms with E-state index in [1.807, 2.05) is 6.07 Å². The Morgan fingerprint density at radius 1 is 1.50 bits per heavy atom. The third-order valence-electron chi connectivity index (χ3n) is 1.71. The molecule has 0 saturated carbocycles. The molecule has 1 unspecified atom stereocenters. The highest BCUT2D eigenvalue weighted by Crippen LogP contribution is 2.16. The fourth-order valence-electron chi connectivity index (χ4n) is 0.939. The molecule has 3 N–H and O–H groups in total. The Hall–Kier alpha value is -1.57.